The van der Waals surface area contributed by atoms with Crippen molar-refractivity contribution in [3.63, 3.8) is 0 Å². The average Bonchev–Trinajstić information content (AvgIpc) is 2.77. The highest BCUT2D eigenvalue weighted by Gasteiger charge is 2.34. The van der Waals surface area contributed by atoms with Gasteiger partial charge in [-0.2, -0.15) is 5.10 Å². The smallest absolute Gasteiger partial charge is 0.274 e. The second kappa shape index (κ2) is 8.80. The standard InChI is InChI=1S/C23H30N6O3/c1-14(2)13-29-20(31)10-8-16-15(3)24-21(25-22(16)29)18-7-5-6-12-28(18)23(32)17-9-11-19(30)27(4)26-17/h9,11,14,18H,5-8,10,12-13H2,1-4H3/t18-/m0/s1. The molecule has 0 unspecified atom stereocenters. The fraction of sp³-hybridized carbons (Fsp3) is 0.565. The number of rotatable bonds is 4. The van der Waals surface area contributed by atoms with E-state index in [0.29, 0.717) is 43.5 Å². The summed E-state index contributed by atoms with van der Waals surface area (Å²) in [6.07, 6.45) is 3.70. The number of amides is 2. The number of carbonyl (C=O) groups is 2. The van der Waals surface area contributed by atoms with Gasteiger partial charge in [0.2, 0.25) is 5.91 Å². The van der Waals surface area contributed by atoms with E-state index in [1.165, 1.54) is 23.9 Å². The van der Waals surface area contributed by atoms with E-state index >= 15 is 0 Å². The first kappa shape index (κ1) is 22.1. The van der Waals surface area contributed by atoms with Gasteiger partial charge in [-0.25, -0.2) is 14.6 Å². The lowest BCUT2D eigenvalue weighted by Crippen LogP contribution is -2.42. The van der Waals surface area contributed by atoms with E-state index in [4.69, 9.17) is 9.97 Å². The lowest BCUT2D eigenvalue weighted by Gasteiger charge is -2.36. The first-order valence-electron chi connectivity index (χ1n) is 11.3. The van der Waals surface area contributed by atoms with Gasteiger partial charge in [0.1, 0.15) is 11.5 Å². The molecule has 4 heterocycles. The topological polar surface area (TPSA) is 101 Å². The Labute approximate surface area is 187 Å². The summed E-state index contributed by atoms with van der Waals surface area (Å²) < 4.78 is 1.17. The van der Waals surface area contributed by atoms with Crippen LogP contribution in [0.1, 0.15) is 73.1 Å². The molecular formula is C23H30N6O3. The van der Waals surface area contributed by atoms with E-state index < -0.39 is 0 Å². The van der Waals surface area contributed by atoms with Crippen molar-refractivity contribution in [1.29, 1.82) is 0 Å². The number of fused-ring (bicyclic) bond motifs is 1. The lowest BCUT2D eigenvalue weighted by atomic mass is 9.98. The summed E-state index contributed by atoms with van der Waals surface area (Å²) in [7, 11) is 1.53. The Balaban J connectivity index is 1.72. The Morgan fingerprint density at radius 2 is 1.94 bits per heavy atom. The van der Waals surface area contributed by atoms with Crippen molar-refractivity contribution in [2.24, 2.45) is 13.0 Å². The second-order valence-electron chi connectivity index (χ2n) is 9.06. The van der Waals surface area contributed by atoms with Crippen LogP contribution in [-0.2, 0) is 18.3 Å². The maximum Gasteiger partial charge on any atom is 0.274 e. The molecule has 9 heteroatoms. The third-order valence-corrected chi connectivity index (χ3v) is 6.14. The quantitative estimate of drug-likeness (QED) is 0.725. The van der Waals surface area contributed by atoms with Gasteiger partial charge in [0, 0.05) is 43.9 Å². The van der Waals surface area contributed by atoms with Crippen LogP contribution in [0.4, 0.5) is 5.82 Å². The fourth-order valence-electron chi connectivity index (χ4n) is 4.51. The van der Waals surface area contributed by atoms with Crippen molar-refractivity contribution in [2.45, 2.75) is 58.9 Å². The SMILES string of the molecule is Cc1nc([C@@H]2CCCCN2C(=O)c2ccc(=O)n(C)n2)nc2c1CCC(=O)N2CC(C)C. The van der Waals surface area contributed by atoms with Crippen LogP contribution in [-0.4, -0.2) is 49.6 Å². The second-order valence-corrected chi connectivity index (χ2v) is 9.06. The van der Waals surface area contributed by atoms with Gasteiger partial charge in [-0.05, 0) is 44.6 Å². The van der Waals surface area contributed by atoms with E-state index in [1.807, 2.05) is 6.92 Å². The number of hydrogen-bond donors (Lipinski definition) is 0. The van der Waals surface area contributed by atoms with Crippen LogP contribution >= 0.6 is 0 Å². The van der Waals surface area contributed by atoms with Crippen molar-refractivity contribution in [2.75, 3.05) is 18.0 Å². The molecule has 4 rings (SSSR count). The number of piperidine rings is 1. The number of aryl methyl sites for hydroxylation is 2. The number of likely N-dealkylation sites (tertiary alicyclic amines) is 1. The highest BCUT2D eigenvalue weighted by atomic mass is 16.2. The Morgan fingerprint density at radius 1 is 1.16 bits per heavy atom. The molecule has 0 radical (unpaired) electrons. The molecule has 2 aromatic heterocycles. The third-order valence-electron chi connectivity index (χ3n) is 6.14. The molecule has 2 aliphatic rings. The zero-order valence-corrected chi connectivity index (χ0v) is 19.2. The predicted octanol–water partition coefficient (Wildman–Crippen LogP) is 2.18. The third kappa shape index (κ3) is 4.16. The number of nitrogens with zero attached hydrogens (tertiary/aromatic N) is 6. The van der Waals surface area contributed by atoms with Gasteiger partial charge >= 0.3 is 0 Å². The van der Waals surface area contributed by atoms with Gasteiger partial charge < -0.3 is 4.90 Å². The van der Waals surface area contributed by atoms with Crippen molar-refractivity contribution in [3.8, 4) is 0 Å². The zero-order valence-electron chi connectivity index (χ0n) is 19.2. The van der Waals surface area contributed by atoms with Gasteiger partial charge in [-0.3, -0.25) is 19.3 Å². The molecule has 2 aromatic rings. The van der Waals surface area contributed by atoms with E-state index in [1.54, 1.807) is 9.80 Å². The minimum absolute atomic E-state index is 0.0845. The van der Waals surface area contributed by atoms with E-state index in [0.717, 1.165) is 30.5 Å². The minimum atomic E-state index is -0.294. The molecule has 2 amide bonds. The first-order valence-corrected chi connectivity index (χ1v) is 11.3. The Morgan fingerprint density at radius 3 is 2.66 bits per heavy atom. The highest BCUT2D eigenvalue weighted by Crippen LogP contribution is 2.34. The molecule has 1 atom stereocenters. The lowest BCUT2D eigenvalue weighted by molar-refractivity contribution is -0.119. The maximum atomic E-state index is 13.3. The van der Waals surface area contributed by atoms with Gasteiger partial charge in [-0.1, -0.05) is 13.8 Å². The summed E-state index contributed by atoms with van der Waals surface area (Å²) in [5.74, 6) is 1.42. The summed E-state index contributed by atoms with van der Waals surface area (Å²) in [4.78, 5) is 50.9. The summed E-state index contributed by atoms with van der Waals surface area (Å²) in [5.41, 5.74) is 1.84. The number of hydrogen-bond acceptors (Lipinski definition) is 6. The van der Waals surface area contributed by atoms with E-state index in [9.17, 15) is 14.4 Å². The number of carbonyl (C=O) groups excluding carboxylic acids is 2. The van der Waals surface area contributed by atoms with Crippen molar-refractivity contribution < 1.29 is 9.59 Å². The van der Waals surface area contributed by atoms with Gasteiger partial charge in [0.05, 0.1) is 6.04 Å². The van der Waals surface area contributed by atoms with Crippen LogP contribution in [0.3, 0.4) is 0 Å². The predicted molar refractivity (Wildman–Crippen MR) is 119 cm³/mol. The molecule has 0 saturated carbocycles. The Hall–Kier alpha value is -3.10. The molecular weight excluding hydrogens is 408 g/mol. The molecule has 170 valence electrons. The van der Waals surface area contributed by atoms with Gasteiger partial charge in [-0.15, -0.1) is 0 Å². The molecule has 0 aromatic carbocycles. The molecule has 1 saturated heterocycles. The molecule has 9 nitrogen and oxygen atoms in total. The highest BCUT2D eigenvalue weighted by molar-refractivity contribution is 5.95. The van der Waals surface area contributed by atoms with Crippen LogP contribution < -0.4 is 10.5 Å². The van der Waals surface area contributed by atoms with Crippen molar-refractivity contribution in [3.05, 3.63) is 45.3 Å². The maximum absolute atomic E-state index is 13.3. The summed E-state index contributed by atoms with van der Waals surface area (Å²) >= 11 is 0. The minimum Gasteiger partial charge on any atom is -0.327 e. The first-order chi connectivity index (χ1) is 15.3. The van der Waals surface area contributed by atoms with Crippen LogP contribution in [0.5, 0.6) is 0 Å². The monoisotopic (exact) mass is 438 g/mol. The molecule has 0 aliphatic carbocycles. The molecule has 32 heavy (non-hydrogen) atoms. The van der Waals surface area contributed by atoms with Gasteiger partial charge in [0.15, 0.2) is 5.82 Å². The van der Waals surface area contributed by atoms with Crippen LogP contribution in [0, 0.1) is 12.8 Å². The van der Waals surface area contributed by atoms with Crippen LogP contribution in [0.25, 0.3) is 0 Å². The van der Waals surface area contributed by atoms with E-state index in [2.05, 4.69) is 18.9 Å². The average molecular weight is 439 g/mol. The van der Waals surface area contributed by atoms with Crippen LogP contribution in [0.2, 0.25) is 0 Å². The molecule has 0 bridgehead atoms. The van der Waals surface area contributed by atoms with Crippen molar-refractivity contribution in [1.82, 2.24) is 24.6 Å². The Kier molecular flexibility index (Phi) is 6.08. The van der Waals surface area contributed by atoms with Crippen LogP contribution in [0.15, 0.2) is 16.9 Å². The van der Waals surface area contributed by atoms with Crippen molar-refractivity contribution >= 4 is 17.6 Å². The summed E-state index contributed by atoms with van der Waals surface area (Å²) in [6.45, 7) is 7.30. The fourth-order valence-corrected chi connectivity index (χ4v) is 4.51. The summed E-state index contributed by atoms with van der Waals surface area (Å²) in [5, 5.41) is 4.14. The van der Waals surface area contributed by atoms with E-state index in [-0.39, 0.29) is 29.1 Å². The molecule has 0 spiro atoms. The largest absolute Gasteiger partial charge is 0.327 e. The molecule has 0 N–H and O–H groups in total. The number of anilines is 1. The molecule has 2 aliphatic heterocycles. The Bertz CT molecular complexity index is 1110. The molecule has 1 fully saturated rings. The number of aromatic nitrogens is 4. The summed E-state index contributed by atoms with van der Waals surface area (Å²) in [6, 6.07) is 2.53. The normalized spacial score (nSPS) is 18.8. The van der Waals surface area contributed by atoms with Gasteiger partial charge in [0.25, 0.3) is 11.5 Å². The zero-order chi connectivity index (χ0) is 23.0.